The Hall–Kier alpha value is 0.155. The Morgan fingerprint density at radius 3 is 1.70 bits per heavy atom. The van der Waals surface area contributed by atoms with Crippen LogP contribution in [0, 0.1) is 0 Å². The minimum absolute atomic E-state index is 0.386. The van der Waals surface area contributed by atoms with Crippen LogP contribution in [0.25, 0.3) is 0 Å². The predicted molar refractivity (Wildman–Crippen MR) is 46.5 cm³/mol. The average molecular weight is 133 g/mol. The molecule has 51 valence electrons. The lowest BCUT2D eigenvalue weighted by atomic mass is 9.60. The Morgan fingerprint density at radius 2 is 1.60 bits per heavy atom. The first-order valence-electron chi connectivity index (χ1n) is 3.31. The van der Waals surface area contributed by atoms with Crippen LogP contribution in [0.5, 0.6) is 0 Å². The summed E-state index contributed by atoms with van der Waals surface area (Å²) in [7, 11) is 12.1. The zero-order chi connectivity index (χ0) is 8.41. The van der Waals surface area contributed by atoms with E-state index in [1.54, 1.807) is 0 Å². The summed E-state index contributed by atoms with van der Waals surface area (Å²) >= 11 is 0. The van der Waals surface area contributed by atoms with Crippen molar-refractivity contribution in [1.82, 2.24) is 0 Å². The topological polar surface area (TPSA) is 9.23 Å². The molecule has 0 aromatic rings. The monoisotopic (exact) mass is 133 g/mol. The summed E-state index contributed by atoms with van der Waals surface area (Å²) in [5, 5.41) is -0.386. The van der Waals surface area contributed by atoms with Crippen molar-refractivity contribution < 1.29 is 4.65 Å². The van der Waals surface area contributed by atoms with Crippen LogP contribution >= 0.6 is 0 Å². The molecule has 0 aromatic carbocycles. The van der Waals surface area contributed by atoms with Crippen molar-refractivity contribution in [2.45, 2.75) is 38.6 Å². The van der Waals surface area contributed by atoms with Crippen molar-refractivity contribution in [3.05, 3.63) is 0 Å². The maximum atomic E-state index is 5.80. The van der Waals surface area contributed by atoms with E-state index in [-0.39, 0.29) is 5.31 Å². The lowest BCUT2D eigenvalue weighted by Crippen LogP contribution is -2.38. The van der Waals surface area contributed by atoms with Gasteiger partial charge in [-0.15, -0.1) is 0 Å². The molecule has 0 heterocycles. The van der Waals surface area contributed by atoms with E-state index in [4.69, 9.17) is 20.2 Å². The van der Waals surface area contributed by atoms with Gasteiger partial charge in [-0.1, -0.05) is 13.8 Å². The lowest BCUT2D eigenvalue weighted by Gasteiger charge is -2.39. The summed E-state index contributed by atoms with van der Waals surface area (Å²) in [6.07, 6.45) is 0. The first-order chi connectivity index (χ1) is 4.31. The third kappa shape index (κ3) is 2.41. The molecule has 0 spiro atoms. The molecule has 0 aliphatic rings. The predicted octanol–water partition coefficient (Wildman–Crippen LogP) is 0.851. The maximum Gasteiger partial charge on any atom is 0.231 e. The van der Waals surface area contributed by atoms with E-state index in [0.717, 1.165) is 0 Å². The third-order valence-electron chi connectivity index (χ3n) is 1.91. The standard InChI is InChI=1S/C6H12B3O/c1-5(2,7)6(3,4)10-9-8/h1-4H3. The van der Waals surface area contributed by atoms with Gasteiger partial charge in [-0.05, 0) is 19.2 Å². The van der Waals surface area contributed by atoms with Crippen LogP contribution in [0.15, 0.2) is 0 Å². The molecule has 0 bridgehead atoms. The van der Waals surface area contributed by atoms with Crippen molar-refractivity contribution in [1.29, 1.82) is 0 Å². The highest BCUT2D eigenvalue weighted by Crippen LogP contribution is 2.36. The van der Waals surface area contributed by atoms with Gasteiger partial charge in [-0.25, -0.2) is 0 Å². The Kier molecular flexibility index (Phi) is 3.09. The molecule has 4 heteroatoms. The van der Waals surface area contributed by atoms with Crippen LogP contribution in [-0.4, -0.2) is 28.6 Å². The second-order valence-corrected chi connectivity index (χ2v) is 3.49. The fraction of sp³-hybridized carbons (Fsp3) is 1.00. The zero-order valence-electron chi connectivity index (χ0n) is 7.14. The molecule has 0 saturated carbocycles. The van der Waals surface area contributed by atoms with Crippen LogP contribution in [-0.2, 0) is 4.65 Å². The van der Waals surface area contributed by atoms with Crippen LogP contribution in [0.1, 0.15) is 27.7 Å². The summed E-state index contributed by atoms with van der Waals surface area (Å²) < 4.78 is 5.12. The SMILES string of the molecule is [B][B]OC(C)(C)C([B])(C)C. The normalized spacial score (nSPS) is 13.2. The second-order valence-electron chi connectivity index (χ2n) is 3.49. The molecule has 0 atom stereocenters. The molecular weight excluding hydrogens is 121 g/mol. The van der Waals surface area contributed by atoms with Gasteiger partial charge in [0.05, 0.1) is 15.6 Å². The summed E-state index contributed by atoms with van der Waals surface area (Å²) in [4.78, 5) is 0. The number of hydrogen-bond acceptors (Lipinski definition) is 1. The molecule has 5 radical (unpaired) electrons. The second kappa shape index (κ2) is 3.04. The van der Waals surface area contributed by atoms with Crippen molar-refractivity contribution in [2.24, 2.45) is 0 Å². The Bertz CT molecular complexity index is 106. The van der Waals surface area contributed by atoms with Gasteiger partial charge in [-0.3, -0.25) is 0 Å². The minimum Gasteiger partial charge on any atom is -0.448 e. The van der Waals surface area contributed by atoms with Crippen LogP contribution in [0.2, 0.25) is 5.31 Å². The van der Waals surface area contributed by atoms with Crippen LogP contribution in [0.4, 0.5) is 0 Å². The molecule has 10 heavy (non-hydrogen) atoms. The highest BCUT2D eigenvalue weighted by Gasteiger charge is 2.31. The molecular formula is C6H12B3O. The summed E-state index contributed by atoms with van der Waals surface area (Å²) in [6, 6.07) is 0. The van der Waals surface area contributed by atoms with Crippen molar-refractivity contribution >= 4 is 23.0 Å². The van der Waals surface area contributed by atoms with E-state index < -0.39 is 5.60 Å². The summed E-state index contributed by atoms with van der Waals surface area (Å²) in [5.41, 5.74) is -0.415. The van der Waals surface area contributed by atoms with Crippen molar-refractivity contribution in [2.75, 3.05) is 0 Å². The fourth-order valence-electron chi connectivity index (χ4n) is 0.322. The van der Waals surface area contributed by atoms with Gasteiger partial charge in [0.1, 0.15) is 0 Å². The molecule has 0 unspecified atom stereocenters. The van der Waals surface area contributed by atoms with Gasteiger partial charge in [0.25, 0.3) is 0 Å². The first-order valence-corrected chi connectivity index (χ1v) is 3.31. The minimum atomic E-state index is -0.415. The Labute approximate surface area is 67.0 Å². The Morgan fingerprint density at radius 1 is 1.20 bits per heavy atom. The van der Waals surface area contributed by atoms with Crippen LogP contribution < -0.4 is 0 Å². The van der Waals surface area contributed by atoms with E-state index in [9.17, 15) is 0 Å². The molecule has 0 saturated heterocycles. The Balaban J connectivity index is 4.10. The molecule has 0 aliphatic carbocycles. The van der Waals surface area contributed by atoms with E-state index in [2.05, 4.69) is 0 Å². The highest BCUT2D eigenvalue weighted by molar-refractivity contribution is 6.85. The molecule has 0 fully saturated rings. The quantitative estimate of drug-likeness (QED) is 0.518. The highest BCUT2D eigenvalue weighted by atomic mass is 16.5. The number of rotatable bonds is 3. The van der Waals surface area contributed by atoms with Gasteiger partial charge in [-0.2, -0.15) is 0 Å². The van der Waals surface area contributed by atoms with Gasteiger partial charge in [0.2, 0.25) is 7.37 Å². The van der Waals surface area contributed by atoms with Gasteiger partial charge in [0.15, 0.2) is 0 Å². The largest absolute Gasteiger partial charge is 0.448 e. The molecule has 0 aromatic heterocycles. The van der Waals surface area contributed by atoms with Gasteiger partial charge in [0, 0.05) is 5.60 Å². The molecule has 0 N–H and O–H groups in total. The molecule has 0 amide bonds. The lowest BCUT2D eigenvalue weighted by molar-refractivity contribution is 0.0782. The third-order valence-corrected chi connectivity index (χ3v) is 1.91. The zero-order valence-corrected chi connectivity index (χ0v) is 7.14. The van der Waals surface area contributed by atoms with E-state index >= 15 is 0 Å². The summed E-state index contributed by atoms with van der Waals surface area (Å²) in [6.45, 7) is 7.60. The molecule has 0 rings (SSSR count). The molecule has 1 nitrogen and oxygen atoms in total. The van der Waals surface area contributed by atoms with Crippen molar-refractivity contribution in [3.63, 3.8) is 0 Å². The van der Waals surface area contributed by atoms with Crippen LogP contribution in [0.3, 0.4) is 0 Å². The smallest absolute Gasteiger partial charge is 0.231 e. The van der Waals surface area contributed by atoms with E-state index in [1.807, 2.05) is 27.7 Å². The van der Waals surface area contributed by atoms with Crippen molar-refractivity contribution in [3.8, 4) is 0 Å². The molecule has 0 aliphatic heterocycles. The van der Waals surface area contributed by atoms with E-state index in [1.165, 1.54) is 7.37 Å². The summed E-state index contributed by atoms with van der Waals surface area (Å²) in [5.74, 6) is 0. The average Bonchev–Trinajstić information content (AvgIpc) is 1.61. The first kappa shape index (κ1) is 10.2. The van der Waals surface area contributed by atoms with Gasteiger partial charge >= 0.3 is 0 Å². The van der Waals surface area contributed by atoms with Gasteiger partial charge < -0.3 is 4.65 Å². The maximum absolute atomic E-state index is 5.80. The fourth-order valence-corrected chi connectivity index (χ4v) is 0.322. The van der Waals surface area contributed by atoms with E-state index in [0.29, 0.717) is 0 Å². The number of hydrogen-bond donors (Lipinski definition) is 0.